The molecule has 1 amide bonds. The van der Waals surface area contributed by atoms with Crippen LogP contribution in [0.2, 0.25) is 0 Å². The van der Waals surface area contributed by atoms with E-state index in [1.807, 2.05) is 0 Å². The van der Waals surface area contributed by atoms with E-state index in [0.29, 0.717) is 36.1 Å². The molecule has 0 aliphatic carbocycles. The molecule has 1 atom stereocenters. The monoisotopic (exact) mass is 335 g/mol. The number of rotatable bonds is 1. The van der Waals surface area contributed by atoms with Gasteiger partial charge in [-0.2, -0.15) is 13.2 Å². The Balaban J connectivity index is 1.69. The smallest absolute Gasteiger partial charge is 0.355 e. The van der Waals surface area contributed by atoms with E-state index in [2.05, 4.69) is 15.2 Å². The molecule has 2 saturated heterocycles. The number of alkyl halides is 3. The predicted molar refractivity (Wildman–Crippen MR) is 83.6 cm³/mol. The zero-order chi connectivity index (χ0) is 16.9. The molecule has 4 nitrogen and oxygen atoms in total. The molecule has 1 N–H and O–H groups in total. The SMILES string of the molecule is O=C1CC2(CCN(c3nccc4cc(C(F)(F)F)ccc34)C2)CN1. The van der Waals surface area contributed by atoms with Gasteiger partial charge in [0.25, 0.3) is 0 Å². The molecule has 2 aliphatic heterocycles. The Hall–Kier alpha value is -2.31. The van der Waals surface area contributed by atoms with Gasteiger partial charge in [-0.1, -0.05) is 6.07 Å². The Morgan fingerprint density at radius 1 is 1.25 bits per heavy atom. The molecule has 24 heavy (non-hydrogen) atoms. The lowest BCUT2D eigenvalue weighted by atomic mass is 9.86. The van der Waals surface area contributed by atoms with E-state index < -0.39 is 11.7 Å². The zero-order valence-corrected chi connectivity index (χ0v) is 12.9. The fraction of sp³-hybridized carbons (Fsp3) is 0.412. The fourth-order valence-corrected chi connectivity index (χ4v) is 3.75. The van der Waals surface area contributed by atoms with E-state index >= 15 is 0 Å². The van der Waals surface area contributed by atoms with Crippen molar-refractivity contribution in [3.63, 3.8) is 0 Å². The summed E-state index contributed by atoms with van der Waals surface area (Å²) in [7, 11) is 0. The first-order valence-corrected chi connectivity index (χ1v) is 7.84. The Morgan fingerprint density at radius 2 is 2.08 bits per heavy atom. The molecule has 0 saturated carbocycles. The number of carbonyl (C=O) groups excluding carboxylic acids is 1. The van der Waals surface area contributed by atoms with Crippen LogP contribution in [0.3, 0.4) is 0 Å². The van der Waals surface area contributed by atoms with Crippen LogP contribution in [0, 0.1) is 5.41 Å². The van der Waals surface area contributed by atoms with Crippen molar-refractivity contribution < 1.29 is 18.0 Å². The van der Waals surface area contributed by atoms with E-state index in [9.17, 15) is 18.0 Å². The Kier molecular flexibility index (Phi) is 3.23. The van der Waals surface area contributed by atoms with Gasteiger partial charge in [-0.3, -0.25) is 4.79 Å². The quantitative estimate of drug-likeness (QED) is 0.871. The second-order valence-corrected chi connectivity index (χ2v) is 6.69. The minimum Gasteiger partial charge on any atom is -0.355 e. The molecule has 2 aromatic rings. The minimum atomic E-state index is -4.36. The van der Waals surface area contributed by atoms with Crippen molar-refractivity contribution in [2.24, 2.45) is 5.41 Å². The summed E-state index contributed by atoms with van der Waals surface area (Å²) in [5.41, 5.74) is -0.733. The normalized spacial score (nSPS) is 24.1. The van der Waals surface area contributed by atoms with Crippen LogP contribution < -0.4 is 10.2 Å². The lowest BCUT2D eigenvalue weighted by molar-refractivity contribution is -0.137. The van der Waals surface area contributed by atoms with E-state index in [1.54, 1.807) is 12.3 Å². The number of nitrogens with zero attached hydrogens (tertiary/aromatic N) is 2. The maximum atomic E-state index is 12.9. The van der Waals surface area contributed by atoms with Crippen LogP contribution in [0.4, 0.5) is 19.0 Å². The molecule has 1 aromatic carbocycles. The summed E-state index contributed by atoms with van der Waals surface area (Å²) in [6.45, 7) is 2.10. The summed E-state index contributed by atoms with van der Waals surface area (Å²) in [5, 5.41) is 4.11. The number of amides is 1. The number of aromatic nitrogens is 1. The van der Waals surface area contributed by atoms with Gasteiger partial charge >= 0.3 is 6.18 Å². The number of halogens is 3. The van der Waals surface area contributed by atoms with Crippen LogP contribution in [-0.4, -0.2) is 30.5 Å². The van der Waals surface area contributed by atoms with Crippen molar-refractivity contribution in [2.45, 2.75) is 19.0 Å². The van der Waals surface area contributed by atoms with Crippen LogP contribution in [0.25, 0.3) is 10.8 Å². The topological polar surface area (TPSA) is 45.2 Å². The number of fused-ring (bicyclic) bond motifs is 1. The number of benzene rings is 1. The van der Waals surface area contributed by atoms with Gasteiger partial charge in [-0.15, -0.1) is 0 Å². The van der Waals surface area contributed by atoms with Crippen molar-refractivity contribution in [1.82, 2.24) is 10.3 Å². The summed E-state index contributed by atoms with van der Waals surface area (Å²) in [6.07, 6.45) is -1.43. The largest absolute Gasteiger partial charge is 0.416 e. The van der Waals surface area contributed by atoms with Gasteiger partial charge in [-0.25, -0.2) is 4.98 Å². The summed E-state index contributed by atoms with van der Waals surface area (Å²) in [6, 6.07) is 5.34. The average Bonchev–Trinajstić information content (AvgIpc) is 3.12. The minimum absolute atomic E-state index is 0.0672. The number of pyridine rings is 1. The second-order valence-electron chi connectivity index (χ2n) is 6.69. The standard InChI is InChI=1S/C17H16F3N3O/c18-17(19,20)12-1-2-13-11(7-12)3-5-21-15(13)23-6-4-16(10-23)8-14(24)22-9-16/h1-3,5,7H,4,6,8-10H2,(H,22,24). The second kappa shape index (κ2) is 5.09. The first-order valence-electron chi connectivity index (χ1n) is 7.84. The zero-order valence-electron chi connectivity index (χ0n) is 12.9. The van der Waals surface area contributed by atoms with Crippen molar-refractivity contribution in [2.75, 3.05) is 24.5 Å². The lowest BCUT2D eigenvalue weighted by Gasteiger charge is -2.23. The van der Waals surface area contributed by atoms with E-state index in [0.717, 1.165) is 25.1 Å². The molecule has 2 aliphatic rings. The van der Waals surface area contributed by atoms with Crippen LogP contribution in [0.5, 0.6) is 0 Å². The predicted octanol–water partition coefficient (Wildman–Crippen LogP) is 2.97. The fourth-order valence-electron chi connectivity index (χ4n) is 3.75. The number of hydrogen-bond donors (Lipinski definition) is 1. The first kappa shape index (κ1) is 15.2. The van der Waals surface area contributed by atoms with Crippen LogP contribution >= 0.6 is 0 Å². The van der Waals surface area contributed by atoms with Gasteiger partial charge in [0.2, 0.25) is 5.91 Å². The van der Waals surface area contributed by atoms with E-state index in [4.69, 9.17) is 0 Å². The highest BCUT2D eigenvalue weighted by atomic mass is 19.4. The van der Waals surface area contributed by atoms with Crippen LogP contribution in [0.1, 0.15) is 18.4 Å². The Labute approximate surface area is 136 Å². The highest BCUT2D eigenvalue weighted by Gasteiger charge is 2.44. The molecule has 126 valence electrons. The van der Waals surface area contributed by atoms with Crippen molar-refractivity contribution >= 4 is 22.5 Å². The summed E-state index contributed by atoms with van der Waals surface area (Å²) < 4.78 is 38.7. The highest BCUT2D eigenvalue weighted by molar-refractivity contribution is 5.93. The third-order valence-corrected chi connectivity index (χ3v) is 5.00. The highest BCUT2D eigenvalue weighted by Crippen LogP contribution is 2.40. The molecule has 0 radical (unpaired) electrons. The molecule has 1 aromatic heterocycles. The van der Waals surface area contributed by atoms with Gasteiger partial charge in [0, 0.05) is 43.1 Å². The number of carbonyl (C=O) groups is 1. The van der Waals surface area contributed by atoms with Crippen LogP contribution in [-0.2, 0) is 11.0 Å². The molecule has 0 bridgehead atoms. The Bertz CT molecular complexity index is 820. The van der Waals surface area contributed by atoms with E-state index in [-0.39, 0.29) is 11.3 Å². The maximum absolute atomic E-state index is 12.9. The molecule has 1 unspecified atom stereocenters. The first-order chi connectivity index (χ1) is 11.4. The maximum Gasteiger partial charge on any atom is 0.416 e. The van der Waals surface area contributed by atoms with Gasteiger partial charge < -0.3 is 10.2 Å². The molecular formula is C17H16F3N3O. The van der Waals surface area contributed by atoms with Crippen molar-refractivity contribution in [3.05, 3.63) is 36.0 Å². The summed E-state index contributed by atoms with van der Waals surface area (Å²) in [4.78, 5) is 18.0. The van der Waals surface area contributed by atoms with Crippen molar-refractivity contribution in [3.8, 4) is 0 Å². The van der Waals surface area contributed by atoms with E-state index in [1.165, 1.54) is 6.07 Å². The molecule has 4 rings (SSSR count). The Morgan fingerprint density at radius 3 is 2.79 bits per heavy atom. The number of nitrogens with one attached hydrogen (secondary N) is 1. The average molecular weight is 335 g/mol. The molecular weight excluding hydrogens is 319 g/mol. The lowest BCUT2D eigenvalue weighted by Crippen LogP contribution is -2.29. The summed E-state index contributed by atoms with van der Waals surface area (Å²) >= 11 is 0. The van der Waals surface area contributed by atoms with Gasteiger partial charge in [0.15, 0.2) is 0 Å². The molecule has 1 spiro atoms. The third-order valence-electron chi connectivity index (χ3n) is 5.00. The van der Waals surface area contributed by atoms with Crippen LogP contribution in [0.15, 0.2) is 30.5 Å². The van der Waals surface area contributed by atoms with Gasteiger partial charge in [0.1, 0.15) is 5.82 Å². The number of anilines is 1. The molecule has 7 heteroatoms. The summed E-state index contributed by atoms with van der Waals surface area (Å²) in [5.74, 6) is 0.759. The van der Waals surface area contributed by atoms with Gasteiger partial charge in [-0.05, 0) is 30.0 Å². The number of hydrogen-bond acceptors (Lipinski definition) is 3. The third kappa shape index (κ3) is 2.48. The molecule has 2 fully saturated rings. The van der Waals surface area contributed by atoms with Gasteiger partial charge in [0.05, 0.1) is 5.56 Å². The molecule has 3 heterocycles. The van der Waals surface area contributed by atoms with Crippen molar-refractivity contribution in [1.29, 1.82) is 0 Å².